The van der Waals surface area contributed by atoms with Crippen molar-refractivity contribution in [3.05, 3.63) is 53.0 Å². The summed E-state index contributed by atoms with van der Waals surface area (Å²) < 4.78 is 0. The average Bonchev–Trinajstić information content (AvgIpc) is 2.58. The third-order valence-corrected chi connectivity index (χ3v) is 3.69. The van der Waals surface area contributed by atoms with Crippen LogP contribution in [0.3, 0.4) is 0 Å². The Labute approximate surface area is 115 Å². The minimum Gasteiger partial charge on any atom is -0.495 e. The van der Waals surface area contributed by atoms with Gasteiger partial charge in [0, 0.05) is 5.70 Å². The quantitative estimate of drug-likeness (QED) is 0.815. The van der Waals surface area contributed by atoms with Crippen LogP contribution in [0.5, 0.6) is 0 Å². The molecule has 0 aromatic heterocycles. The number of allylic oxidation sites excluding steroid dienone is 3. The molecule has 0 amide bonds. The Morgan fingerprint density at radius 3 is 2.58 bits per heavy atom. The highest BCUT2D eigenvalue weighted by Crippen LogP contribution is 2.30. The van der Waals surface area contributed by atoms with Crippen molar-refractivity contribution in [3.8, 4) is 0 Å². The van der Waals surface area contributed by atoms with Crippen LogP contribution in [-0.2, 0) is 0 Å². The maximum absolute atomic E-state index is 10.0. The monoisotopic (exact) mass is 257 g/mol. The Morgan fingerprint density at radius 2 is 1.89 bits per heavy atom. The molecule has 0 saturated heterocycles. The van der Waals surface area contributed by atoms with Crippen molar-refractivity contribution in [3.63, 3.8) is 0 Å². The molecule has 2 nitrogen and oxygen atoms in total. The lowest BCUT2D eigenvalue weighted by molar-refractivity contribution is 0.367. The van der Waals surface area contributed by atoms with Crippen LogP contribution >= 0.6 is 0 Å². The summed E-state index contributed by atoms with van der Waals surface area (Å²) in [6, 6.07) is 10.5. The lowest BCUT2D eigenvalue weighted by atomic mass is 9.96. The van der Waals surface area contributed by atoms with Crippen LogP contribution in [0.2, 0.25) is 0 Å². The summed E-state index contributed by atoms with van der Waals surface area (Å²) >= 11 is 0. The summed E-state index contributed by atoms with van der Waals surface area (Å²) in [5.74, 6) is 0.344. The lowest BCUT2D eigenvalue weighted by Gasteiger charge is -2.14. The largest absolute Gasteiger partial charge is 0.495 e. The van der Waals surface area contributed by atoms with Gasteiger partial charge in [-0.1, -0.05) is 43.7 Å². The van der Waals surface area contributed by atoms with Crippen LogP contribution in [0.1, 0.15) is 51.5 Å². The van der Waals surface area contributed by atoms with Gasteiger partial charge in [-0.3, -0.25) is 0 Å². The van der Waals surface area contributed by atoms with Gasteiger partial charge in [0.05, 0.1) is 0 Å². The summed E-state index contributed by atoms with van der Waals surface area (Å²) in [5.41, 5.74) is 4.84. The van der Waals surface area contributed by atoms with E-state index in [1.165, 1.54) is 16.8 Å². The molecule has 1 aliphatic heterocycles. The lowest BCUT2D eigenvalue weighted by Crippen LogP contribution is -2.14. The van der Waals surface area contributed by atoms with Crippen molar-refractivity contribution in [2.75, 3.05) is 0 Å². The van der Waals surface area contributed by atoms with E-state index in [9.17, 15) is 5.11 Å². The molecule has 1 aromatic carbocycles. The van der Waals surface area contributed by atoms with Crippen LogP contribution in [0.15, 0.2) is 47.5 Å². The van der Waals surface area contributed by atoms with E-state index in [2.05, 4.69) is 36.5 Å². The first-order valence-corrected chi connectivity index (χ1v) is 7.15. The van der Waals surface area contributed by atoms with E-state index in [0.717, 1.165) is 37.7 Å². The summed E-state index contributed by atoms with van der Waals surface area (Å²) in [5, 5.41) is 13.3. The van der Waals surface area contributed by atoms with Crippen molar-refractivity contribution in [2.24, 2.45) is 0 Å². The summed E-state index contributed by atoms with van der Waals surface area (Å²) in [6.07, 6.45) is 5.21. The van der Waals surface area contributed by atoms with Gasteiger partial charge < -0.3 is 10.4 Å². The molecular formula is C17H23NO. The Morgan fingerprint density at radius 1 is 1.16 bits per heavy atom. The van der Waals surface area contributed by atoms with Gasteiger partial charge >= 0.3 is 0 Å². The van der Waals surface area contributed by atoms with Crippen molar-refractivity contribution < 1.29 is 5.11 Å². The second-order valence-electron chi connectivity index (χ2n) is 5.18. The van der Waals surface area contributed by atoms with Crippen molar-refractivity contribution >= 4 is 5.57 Å². The fourth-order valence-electron chi connectivity index (χ4n) is 2.43. The average molecular weight is 257 g/mol. The SMILES string of the molecule is CCCCC1=C(c2ccccc2)CCC(C)=C(O)N1. The van der Waals surface area contributed by atoms with E-state index >= 15 is 0 Å². The van der Waals surface area contributed by atoms with Crippen LogP contribution < -0.4 is 5.32 Å². The first kappa shape index (κ1) is 13.7. The molecule has 102 valence electrons. The zero-order valence-electron chi connectivity index (χ0n) is 11.9. The highest BCUT2D eigenvalue weighted by atomic mass is 16.3. The van der Waals surface area contributed by atoms with Gasteiger partial charge in [0.25, 0.3) is 0 Å². The fourth-order valence-corrected chi connectivity index (χ4v) is 2.43. The van der Waals surface area contributed by atoms with Gasteiger partial charge in [-0.2, -0.15) is 0 Å². The Hall–Kier alpha value is -1.70. The van der Waals surface area contributed by atoms with Crippen molar-refractivity contribution in [2.45, 2.75) is 46.0 Å². The standard InChI is InChI=1S/C17H23NO/c1-3-4-10-16-15(14-8-6-5-7-9-14)12-11-13(2)17(19)18-16/h5-9,18-19H,3-4,10-12H2,1-2H3. The maximum atomic E-state index is 10.0. The number of benzene rings is 1. The first-order chi connectivity index (χ1) is 9.22. The highest BCUT2D eigenvalue weighted by Gasteiger charge is 2.15. The number of hydrogen-bond acceptors (Lipinski definition) is 2. The van der Waals surface area contributed by atoms with Gasteiger partial charge in [0.2, 0.25) is 0 Å². The van der Waals surface area contributed by atoms with E-state index in [0.29, 0.717) is 5.88 Å². The van der Waals surface area contributed by atoms with Crippen molar-refractivity contribution in [1.82, 2.24) is 5.32 Å². The summed E-state index contributed by atoms with van der Waals surface area (Å²) in [6.45, 7) is 4.19. The molecule has 0 bridgehead atoms. The van der Waals surface area contributed by atoms with Gasteiger partial charge in [-0.15, -0.1) is 0 Å². The molecule has 1 aliphatic rings. The third kappa shape index (κ3) is 3.40. The second kappa shape index (κ2) is 6.46. The van der Waals surface area contributed by atoms with Gasteiger partial charge in [-0.25, -0.2) is 0 Å². The smallest absolute Gasteiger partial charge is 0.187 e. The van der Waals surface area contributed by atoms with Crippen molar-refractivity contribution in [1.29, 1.82) is 0 Å². The predicted octanol–water partition coefficient (Wildman–Crippen LogP) is 4.76. The van der Waals surface area contributed by atoms with E-state index in [4.69, 9.17) is 0 Å². The summed E-state index contributed by atoms with van der Waals surface area (Å²) in [4.78, 5) is 0. The molecular weight excluding hydrogens is 234 g/mol. The molecule has 0 spiro atoms. The molecule has 0 atom stereocenters. The Kier molecular flexibility index (Phi) is 4.67. The Balaban J connectivity index is 2.34. The highest BCUT2D eigenvalue weighted by molar-refractivity contribution is 5.69. The zero-order chi connectivity index (χ0) is 13.7. The van der Waals surface area contributed by atoms with Crippen LogP contribution in [0.4, 0.5) is 0 Å². The second-order valence-corrected chi connectivity index (χ2v) is 5.18. The normalized spacial score (nSPS) is 16.3. The number of unbranched alkanes of at least 4 members (excludes halogenated alkanes) is 1. The van der Waals surface area contributed by atoms with Crippen LogP contribution in [0.25, 0.3) is 5.57 Å². The Bertz CT molecular complexity index is 485. The first-order valence-electron chi connectivity index (χ1n) is 7.15. The molecule has 1 heterocycles. The van der Waals surface area contributed by atoms with E-state index < -0.39 is 0 Å². The molecule has 2 heteroatoms. The predicted molar refractivity (Wildman–Crippen MR) is 80.6 cm³/mol. The van der Waals surface area contributed by atoms with Gasteiger partial charge in [0.1, 0.15) is 0 Å². The number of rotatable bonds is 4. The van der Waals surface area contributed by atoms with Crippen LogP contribution in [0, 0.1) is 0 Å². The topological polar surface area (TPSA) is 32.3 Å². The molecule has 0 radical (unpaired) electrons. The number of aliphatic hydroxyl groups excluding tert-OH is 1. The van der Waals surface area contributed by atoms with E-state index in [1.807, 2.05) is 13.0 Å². The molecule has 0 aliphatic carbocycles. The fraction of sp³-hybridized carbons (Fsp3) is 0.412. The number of nitrogens with one attached hydrogen (secondary N) is 1. The molecule has 0 unspecified atom stereocenters. The van der Waals surface area contributed by atoms with E-state index in [-0.39, 0.29) is 0 Å². The minimum atomic E-state index is 0.344. The third-order valence-electron chi connectivity index (χ3n) is 3.69. The van der Waals surface area contributed by atoms with E-state index in [1.54, 1.807) is 0 Å². The van der Waals surface area contributed by atoms with Gasteiger partial charge in [-0.05, 0) is 49.3 Å². The molecule has 0 saturated carbocycles. The zero-order valence-corrected chi connectivity index (χ0v) is 11.9. The molecule has 2 N–H and O–H groups in total. The summed E-state index contributed by atoms with van der Waals surface area (Å²) in [7, 11) is 0. The molecule has 19 heavy (non-hydrogen) atoms. The molecule has 0 fully saturated rings. The molecule has 1 aromatic rings. The van der Waals surface area contributed by atoms with Gasteiger partial charge in [0.15, 0.2) is 5.88 Å². The maximum Gasteiger partial charge on any atom is 0.187 e. The number of aliphatic hydroxyl groups is 1. The molecule has 2 rings (SSSR count). The minimum absolute atomic E-state index is 0.344. The van der Waals surface area contributed by atoms with Crippen LogP contribution in [-0.4, -0.2) is 5.11 Å². The number of hydrogen-bond donors (Lipinski definition) is 2.